The number of hydrogen-bond donors (Lipinski definition) is 1. The zero-order chi connectivity index (χ0) is 19.3. The van der Waals surface area contributed by atoms with Gasteiger partial charge in [0.2, 0.25) is 0 Å². The summed E-state index contributed by atoms with van der Waals surface area (Å²) in [4.78, 5) is 0. The second-order valence-electron chi connectivity index (χ2n) is 7.25. The molecule has 0 aromatic heterocycles. The minimum absolute atomic E-state index is 0.565. The van der Waals surface area contributed by atoms with Gasteiger partial charge in [-0.2, -0.15) is 0 Å². The third kappa shape index (κ3) is 4.17. The van der Waals surface area contributed by atoms with Crippen molar-refractivity contribution in [3.8, 4) is 5.75 Å². The van der Waals surface area contributed by atoms with Gasteiger partial charge in [0.1, 0.15) is 12.4 Å². The van der Waals surface area contributed by atoms with Gasteiger partial charge in [0, 0.05) is 12.2 Å². The SMILES string of the molecule is Cc1ccc(NCc2cccc(OCc3cccc4ccccc34)c2)c(C)c1. The summed E-state index contributed by atoms with van der Waals surface area (Å²) in [5.41, 5.74) is 6.13. The fourth-order valence-electron chi connectivity index (χ4n) is 3.53. The van der Waals surface area contributed by atoms with Crippen molar-refractivity contribution < 1.29 is 4.74 Å². The Morgan fingerprint density at radius 2 is 1.61 bits per heavy atom. The van der Waals surface area contributed by atoms with Gasteiger partial charge < -0.3 is 10.1 Å². The van der Waals surface area contributed by atoms with E-state index >= 15 is 0 Å². The summed E-state index contributed by atoms with van der Waals surface area (Å²) in [5, 5.41) is 6.02. The average Bonchev–Trinajstić information content (AvgIpc) is 2.72. The van der Waals surface area contributed by atoms with E-state index in [0.717, 1.165) is 12.3 Å². The van der Waals surface area contributed by atoms with Crippen molar-refractivity contribution in [3.05, 3.63) is 107 Å². The van der Waals surface area contributed by atoms with Crippen molar-refractivity contribution in [1.82, 2.24) is 0 Å². The molecule has 0 saturated carbocycles. The van der Waals surface area contributed by atoms with Gasteiger partial charge in [-0.05, 0) is 59.5 Å². The highest BCUT2D eigenvalue weighted by molar-refractivity contribution is 5.85. The molecule has 0 bridgehead atoms. The molecule has 0 fully saturated rings. The first kappa shape index (κ1) is 18.1. The van der Waals surface area contributed by atoms with Crippen molar-refractivity contribution in [3.63, 3.8) is 0 Å². The Morgan fingerprint density at radius 3 is 2.50 bits per heavy atom. The number of benzene rings is 4. The van der Waals surface area contributed by atoms with Gasteiger partial charge in [-0.3, -0.25) is 0 Å². The summed E-state index contributed by atoms with van der Waals surface area (Å²) in [6, 6.07) is 29.6. The van der Waals surface area contributed by atoms with Gasteiger partial charge in [-0.1, -0.05) is 72.3 Å². The van der Waals surface area contributed by atoms with Crippen molar-refractivity contribution in [2.75, 3.05) is 5.32 Å². The second kappa shape index (κ2) is 8.18. The number of rotatable bonds is 6. The van der Waals surface area contributed by atoms with E-state index in [4.69, 9.17) is 4.74 Å². The Morgan fingerprint density at radius 1 is 0.786 bits per heavy atom. The Kier molecular flexibility index (Phi) is 5.29. The molecular weight excluding hydrogens is 342 g/mol. The lowest BCUT2D eigenvalue weighted by molar-refractivity contribution is 0.307. The number of hydrogen-bond acceptors (Lipinski definition) is 2. The van der Waals surface area contributed by atoms with Crippen LogP contribution in [0.3, 0.4) is 0 Å². The topological polar surface area (TPSA) is 21.3 Å². The van der Waals surface area contributed by atoms with Crippen LogP contribution in [0.2, 0.25) is 0 Å². The Bertz CT molecular complexity index is 1100. The molecule has 1 N–H and O–H groups in total. The molecule has 0 aliphatic rings. The lowest BCUT2D eigenvalue weighted by atomic mass is 10.1. The largest absolute Gasteiger partial charge is 0.489 e. The molecule has 2 heteroatoms. The predicted molar refractivity (Wildman–Crippen MR) is 118 cm³/mol. The molecule has 0 heterocycles. The van der Waals surface area contributed by atoms with E-state index in [1.54, 1.807) is 0 Å². The van der Waals surface area contributed by atoms with Crippen LogP contribution in [0.15, 0.2) is 84.9 Å². The average molecular weight is 367 g/mol. The monoisotopic (exact) mass is 367 g/mol. The molecule has 0 aliphatic carbocycles. The van der Waals surface area contributed by atoms with Gasteiger partial charge in [0.25, 0.3) is 0 Å². The summed E-state index contributed by atoms with van der Waals surface area (Å²) in [7, 11) is 0. The van der Waals surface area contributed by atoms with Crippen LogP contribution in [-0.2, 0) is 13.2 Å². The number of ether oxygens (including phenoxy) is 1. The van der Waals surface area contributed by atoms with Crippen LogP contribution >= 0.6 is 0 Å². The maximum atomic E-state index is 6.10. The zero-order valence-corrected chi connectivity index (χ0v) is 16.4. The van der Waals surface area contributed by atoms with E-state index in [2.05, 4.69) is 98.0 Å². The molecule has 2 nitrogen and oxygen atoms in total. The summed E-state index contributed by atoms with van der Waals surface area (Å²) in [5.74, 6) is 0.896. The quantitative estimate of drug-likeness (QED) is 0.412. The van der Waals surface area contributed by atoms with Crippen molar-refractivity contribution in [1.29, 1.82) is 0 Å². The summed E-state index contributed by atoms with van der Waals surface area (Å²) >= 11 is 0. The molecule has 0 radical (unpaired) electrons. The van der Waals surface area contributed by atoms with Crippen LogP contribution in [0.1, 0.15) is 22.3 Å². The molecule has 4 aromatic carbocycles. The Hall–Kier alpha value is -3.26. The second-order valence-corrected chi connectivity index (χ2v) is 7.25. The first-order chi connectivity index (χ1) is 13.7. The molecule has 4 aromatic rings. The molecule has 0 unspecified atom stereocenters. The molecule has 0 aliphatic heterocycles. The normalized spacial score (nSPS) is 10.8. The van der Waals surface area contributed by atoms with Gasteiger partial charge in [-0.15, -0.1) is 0 Å². The van der Waals surface area contributed by atoms with Crippen LogP contribution < -0.4 is 10.1 Å². The third-order valence-corrected chi connectivity index (χ3v) is 5.04. The van der Waals surface area contributed by atoms with Gasteiger partial charge in [0.15, 0.2) is 0 Å². The number of aryl methyl sites for hydroxylation is 2. The first-order valence-corrected chi connectivity index (χ1v) is 9.68. The van der Waals surface area contributed by atoms with E-state index in [0.29, 0.717) is 6.61 Å². The van der Waals surface area contributed by atoms with Crippen molar-refractivity contribution in [2.45, 2.75) is 27.0 Å². The Balaban J connectivity index is 1.43. The molecule has 28 heavy (non-hydrogen) atoms. The number of nitrogens with one attached hydrogen (secondary N) is 1. The Labute approximate surface area is 166 Å². The van der Waals surface area contributed by atoms with E-state index in [-0.39, 0.29) is 0 Å². The molecule has 4 rings (SSSR count). The smallest absolute Gasteiger partial charge is 0.120 e. The summed E-state index contributed by atoms with van der Waals surface area (Å²) in [6.45, 7) is 5.59. The highest BCUT2D eigenvalue weighted by atomic mass is 16.5. The molecule has 0 atom stereocenters. The van der Waals surface area contributed by atoms with Gasteiger partial charge in [-0.25, -0.2) is 0 Å². The van der Waals surface area contributed by atoms with E-state index in [1.165, 1.54) is 38.7 Å². The highest BCUT2D eigenvalue weighted by Crippen LogP contribution is 2.22. The lowest BCUT2D eigenvalue weighted by Gasteiger charge is -2.12. The fraction of sp³-hybridized carbons (Fsp3) is 0.154. The number of anilines is 1. The molecule has 140 valence electrons. The highest BCUT2D eigenvalue weighted by Gasteiger charge is 2.03. The molecule has 0 saturated heterocycles. The standard InChI is InChI=1S/C26H25NO/c1-19-13-14-26(20(2)15-19)27-17-21-7-5-11-24(16-21)28-18-23-10-6-9-22-8-3-4-12-25(22)23/h3-16,27H,17-18H2,1-2H3. The van der Waals surface area contributed by atoms with E-state index in [1.807, 2.05) is 6.07 Å². The summed E-state index contributed by atoms with van der Waals surface area (Å²) < 4.78 is 6.10. The molecular formula is C26H25NO. The van der Waals surface area contributed by atoms with Crippen LogP contribution in [0.4, 0.5) is 5.69 Å². The minimum Gasteiger partial charge on any atom is -0.489 e. The predicted octanol–water partition coefficient (Wildman–Crippen LogP) is 6.65. The van der Waals surface area contributed by atoms with Gasteiger partial charge >= 0.3 is 0 Å². The van der Waals surface area contributed by atoms with Gasteiger partial charge in [0.05, 0.1) is 0 Å². The minimum atomic E-state index is 0.565. The van der Waals surface area contributed by atoms with Crippen LogP contribution in [0.5, 0.6) is 5.75 Å². The van der Waals surface area contributed by atoms with E-state index in [9.17, 15) is 0 Å². The van der Waals surface area contributed by atoms with Crippen LogP contribution in [-0.4, -0.2) is 0 Å². The lowest BCUT2D eigenvalue weighted by Crippen LogP contribution is -2.02. The van der Waals surface area contributed by atoms with Crippen LogP contribution in [0.25, 0.3) is 10.8 Å². The first-order valence-electron chi connectivity index (χ1n) is 9.68. The maximum Gasteiger partial charge on any atom is 0.120 e. The molecule has 0 amide bonds. The number of fused-ring (bicyclic) bond motifs is 1. The van der Waals surface area contributed by atoms with E-state index < -0.39 is 0 Å². The van der Waals surface area contributed by atoms with Crippen molar-refractivity contribution >= 4 is 16.5 Å². The van der Waals surface area contributed by atoms with Crippen LogP contribution in [0, 0.1) is 13.8 Å². The fourth-order valence-corrected chi connectivity index (χ4v) is 3.53. The maximum absolute atomic E-state index is 6.10. The summed E-state index contributed by atoms with van der Waals surface area (Å²) in [6.07, 6.45) is 0. The molecule has 0 spiro atoms. The third-order valence-electron chi connectivity index (χ3n) is 5.04. The van der Waals surface area contributed by atoms with Crippen molar-refractivity contribution in [2.24, 2.45) is 0 Å². The zero-order valence-electron chi connectivity index (χ0n) is 16.4.